The molecule has 0 N–H and O–H groups in total. The second-order valence-electron chi connectivity index (χ2n) is 9.83. The molecule has 7 aromatic rings. The van der Waals surface area contributed by atoms with Gasteiger partial charge in [-0.2, -0.15) is 0 Å². The van der Waals surface area contributed by atoms with Gasteiger partial charge in [0.25, 0.3) is 0 Å². The third kappa shape index (κ3) is 4.17. The fourth-order valence-corrected chi connectivity index (χ4v) is 5.43. The van der Waals surface area contributed by atoms with Crippen molar-refractivity contribution in [1.82, 2.24) is 0 Å². The Bertz CT molecular complexity index is 1890. The highest BCUT2D eigenvalue weighted by Crippen LogP contribution is 2.33. The van der Waals surface area contributed by atoms with Gasteiger partial charge in [0.15, 0.2) is 0 Å². The summed E-state index contributed by atoms with van der Waals surface area (Å²) in [6.45, 7) is 0. The zero-order chi connectivity index (χ0) is 25.3. The Morgan fingerprint density at radius 3 is 1.47 bits per heavy atom. The summed E-state index contributed by atoms with van der Waals surface area (Å²) >= 11 is 0. The van der Waals surface area contributed by atoms with Crippen molar-refractivity contribution in [2.75, 3.05) is 0 Å². The molecule has 0 aromatic heterocycles. The van der Waals surface area contributed by atoms with Gasteiger partial charge < -0.3 is 0 Å². The van der Waals surface area contributed by atoms with E-state index in [1.807, 2.05) is 0 Å². The maximum Gasteiger partial charge on any atom is -0.0105 e. The van der Waals surface area contributed by atoms with Gasteiger partial charge in [-0.3, -0.25) is 0 Å². The van der Waals surface area contributed by atoms with E-state index in [0.29, 0.717) is 0 Å². The second kappa shape index (κ2) is 9.50. The molecule has 0 aliphatic carbocycles. The lowest BCUT2D eigenvalue weighted by molar-refractivity contribution is 1.59. The molecular weight excluding hydrogens is 456 g/mol. The average Bonchev–Trinajstić information content (AvgIpc) is 3.01. The number of fused-ring (bicyclic) bond motifs is 2. The predicted octanol–water partition coefficient (Wildman–Crippen LogP) is 10.7. The molecule has 0 saturated carbocycles. The van der Waals surface area contributed by atoms with Crippen LogP contribution >= 0.6 is 0 Å². The maximum absolute atomic E-state index is 2.30. The molecule has 0 heteroatoms. The summed E-state index contributed by atoms with van der Waals surface area (Å²) in [5.74, 6) is 0. The van der Waals surface area contributed by atoms with Crippen LogP contribution in [-0.4, -0.2) is 0 Å². The lowest BCUT2D eigenvalue weighted by Gasteiger charge is -2.10. The van der Waals surface area contributed by atoms with Crippen molar-refractivity contribution in [3.8, 4) is 44.5 Å². The minimum Gasteiger partial charge on any atom is -0.0622 e. The molecule has 0 nitrogen and oxygen atoms in total. The van der Waals surface area contributed by atoms with Crippen LogP contribution in [0.5, 0.6) is 0 Å². The van der Waals surface area contributed by atoms with E-state index in [9.17, 15) is 0 Å². The summed E-state index contributed by atoms with van der Waals surface area (Å²) in [5.41, 5.74) is 9.93. The van der Waals surface area contributed by atoms with Crippen molar-refractivity contribution < 1.29 is 0 Å². The summed E-state index contributed by atoms with van der Waals surface area (Å²) in [4.78, 5) is 0. The first-order chi connectivity index (χ1) is 18.8. The van der Waals surface area contributed by atoms with Crippen molar-refractivity contribution in [1.29, 1.82) is 0 Å². The van der Waals surface area contributed by atoms with Crippen molar-refractivity contribution in [3.05, 3.63) is 158 Å². The van der Waals surface area contributed by atoms with Gasteiger partial charge in [-0.25, -0.2) is 0 Å². The van der Waals surface area contributed by atoms with Gasteiger partial charge >= 0.3 is 0 Å². The predicted molar refractivity (Wildman–Crippen MR) is 163 cm³/mol. The molecule has 0 saturated heterocycles. The van der Waals surface area contributed by atoms with Crippen LogP contribution in [0.1, 0.15) is 0 Å². The van der Waals surface area contributed by atoms with Gasteiger partial charge in [0.2, 0.25) is 0 Å². The summed E-state index contributed by atoms with van der Waals surface area (Å²) in [6.07, 6.45) is 0. The van der Waals surface area contributed by atoms with Gasteiger partial charge in [0.05, 0.1) is 0 Å². The van der Waals surface area contributed by atoms with Gasteiger partial charge in [0.1, 0.15) is 0 Å². The zero-order valence-electron chi connectivity index (χ0n) is 21.0. The molecule has 38 heavy (non-hydrogen) atoms. The second-order valence-corrected chi connectivity index (χ2v) is 9.83. The van der Waals surface area contributed by atoms with E-state index in [4.69, 9.17) is 0 Å². The van der Waals surface area contributed by atoms with Crippen LogP contribution in [0.3, 0.4) is 0 Å². The zero-order valence-corrected chi connectivity index (χ0v) is 21.0. The van der Waals surface area contributed by atoms with Gasteiger partial charge in [-0.05, 0) is 84.3 Å². The molecule has 0 unspecified atom stereocenters. The van der Waals surface area contributed by atoms with E-state index in [1.165, 1.54) is 66.1 Å². The van der Waals surface area contributed by atoms with E-state index >= 15 is 0 Å². The number of benzene rings is 7. The molecule has 0 bridgehead atoms. The minimum atomic E-state index is 1.23. The summed E-state index contributed by atoms with van der Waals surface area (Å²) in [5, 5.41) is 5.08. The van der Waals surface area contributed by atoms with Crippen LogP contribution in [0, 0.1) is 0 Å². The number of hydrogen-bond donors (Lipinski definition) is 0. The third-order valence-corrected chi connectivity index (χ3v) is 7.46. The first kappa shape index (κ1) is 22.3. The normalized spacial score (nSPS) is 11.2. The van der Waals surface area contributed by atoms with Gasteiger partial charge in [-0.15, -0.1) is 0 Å². The molecule has 0 aliphatic rings. The van der Waals surface area contributed by atoms with Crippen LogP contribution in [0.25, 0.3) is 66.1 Å². The SMILES string of the molecule is c1ccc(-c2ccc3cc(-c4cccc(-c5ccc(-c6cccc7ccccc67)cc5)c4)ccc3c2)cc1. The van der Waals surface area contributed by atoms with E-state index in [2.05, 4.69) is 158 Å². The number of hydrogen-bond acceptors (Lipinski definition) is 0. The van der Waals surface area contributed by atoms with E-state index in [-0.39, 0.29) is 0 Å². The maximum atomic E-state index is 2.30. The first-order valence-electron chi connectivity index (χ1n) is 13.1. The summed E-state index contributed by atoms with van der Waals surface area (Å²) < 4.78 is 0. The lowest BCUT2D eigenvalue weighted by Crippen LogP contribution is -1.85. The van der Waals surface area contributed by atoms with Crippen LogP contribution < -0.4 is 0 Å². The van der Waals surface area contributed by atoms with Gasteiger partial charge in [-0.1, -0.05) is 140 Å². The molecule has 178 valence electrons. The molecule has 0 fully saturated rings. The van der Waals surface area contributed by atoms with Crippen molar-refractivity contribution in [2.24, 2.45) is 0 Å². The van der Waals surface area contributed by atoms with E-state index in [1.54, 1.807) is 0 Å². The molecule has 0 heterocycles. The highest BCUT2D eigenvalue weighted by Gasteiger charge is 2.07. The highest BCUT2D eigenvalue weighted by molar-refractivity contribution is 5.97. The Kier molecular flexibility index (Phi) is 5.57. The van der Waals surface area contributed by atoms with Gasteiger partial charge in [0, 0.05) is 0 Å². The monoisotopic (exact) mass is 482 g/mol. The van der Waals surface area contributed by atoms with Crippen molar-refractivity contribution >= 4 is 21.5 Å². The molecule has 7 rings (SSSR count). The molecule has 0 atom stereocenters. The molecule has 0 aliphatic heterocycles. The van der Waals surface area contributed by atoms with E-state index < -0.39 is 0 Å². The smallest absolute Gasteiger partial charge is 0.0105 e. The van der Waals surface area contributed by atoms with Crippen LogP contribution in [0.15, 0.2) is 158 Å². The largest absolute Gasteiger partial charge is 0.0622 e. The minimum absolute atomic E-state index is 1.23. The topological polar surface area (TPSA) is 0 Å². The van der Waals surface area contributed by atoms with Crippen LogP contribution in [-0.2, 0) is 0 Å². The molecule has 7 aromatic carbocycles. The Labute approximate surface area is 223 Å². The fourth-order valence-electron chi connectivity index (χ4n) is 5.43. The highest BCUT2D eigenvalue weighted by atomic mass is 14.1. The lowest BCUT2D eigenvalue weighted by atomic mass is 9.94. The molecular formula is C38H26. The van der Waals surface area contributed by atoms with Crippen LogP contribution in [0.2, 0.25) is 0 Å². The first-order valence-corrected chi connectivity index (χ1v) is 13.1. The molecule has 0 radical (unpaired) electrons. The average molecular weight is 483 g/mol. The van der Waals surface area contributed by atoms with E-state index in [0.717, 1.165) is 0 Å². The Balaban J connectivity index is 1.20. The fraction of sp³-hybridized carbons (Fsp3) is 0. The summed E-state index contributed by atoms with van der Waals surface area (Å²) in [6, 6.07) is 57.0. The van der Waals surface area contributed by atoms with Crippen molar-refractivity contribution in [3.63, 3.8) is 0 Å². The standard InChI is InChI=1S/C38H26/c1-2-8-27(9-3-1)33-20-21-36-26-34(22-23-35(36)25-33)32-13-6-12-31(24-32)28-16-18-30(19-17-28)38-15-7-11-29-10-4-5-14-37(29)38/h1-26H. The Hall–Kier alpha value is -4.94. The molecule has 0 spiro atoms. The third-order valence-electron chi connectivity index (χ3n) is 7.46. The van der Waals surface area contributed by atoms with Crippen LogP contribution in [0.4, 0.5) is 0 Å². The Morgan fingerprint density at radius 2 is 0.711 bits per heavy atom. The quantitative estimate of drug-likeness (QED) is 0.234. The van der Waals surface area contributed by atoms with Crippen molar-refractivity contribution in [2.45, 2.75) is 0 Å². The number of rotatable bonds is 4. The molecule has 0 amide bonds. The summed E-state index contributed by atoms with van der Waals surface area (Å²) in [7, 11) is 0. The Morgan fingerprint density at radius 1 is 0.237 bits per heavy atom.